The molecular formula is C14H22N2OS. The molecule has 1 aromatic rings. The second-order valence-electron chi connectivity index (χ2n) is 5.67. The summed E-state index contributed by atoms with van der Waals surface area (Å²) in [7, 11) is 1.65. The Morgan fingerprint density at radius 3 is 3.11 bits per heavy atom. The number of rotatable bonds is 4. The summed E-state index contributed by atoms with van der Waals surface area (Å²) in [6.07, 6.45) is 3.05. The lowest BCUT2D eigenvalue weighted by Crippen LogP contribution is -2.39. The molecule has 0 radical (unpaired) electrons. The quantitative estimate of drug-likeness (QED) is 0.908. The van der Waals surface area contributed by atoms with Crippen LogP contribution in [0.15, 0.2) is 18.3 Å². The molecule has 18 heavy (non-hydrogen) atoms. The van der Waals surface area contributed by atoms with E-state index in [0.29, 0.717) is 17.3 Å². The fourth-order valence-corrected chi connectivity index (χ4v) is 3.64. The Balaban J connectivity index is 1.87. The Morgan fingerprint density at radius 2 is 2.39 bits per heavy atom. The highest BCUT2D eigenvalue weighted by molar-refractivity contribution is 7.99. The fourth-order valence-electron chi connectivity index (χ4n) is 2.33. The van der Waals surface area contributed by atoms with Gasteiger partial charge in [-0.2, -0.15) is 11.8 Å². The maximum Gasteiger partial charge on any atom is 0.213 e. The van der Waals surface area contributed by atoms with Crippen LogP contribution in [-0.4, -0.2) is 29.6 Å². The van der Waals surface area contributed by atoms with E-state index in [1.807, 2.05) is 12.1 Å². The van der Waals surface area contributed by atoms with Gasteiger partial charge in [0.25, 0.3) is 0 Å². The maximum atomic E-state index is 5.14. The molecule has 0 saturated carbocycles. The lowest BCUT2D eigenvalue weighted by atomic mass is 9.88. The number of hydrogen-bond donors (Lipinski definition) is 1. The highest BCUT2D eigenvalue weighted by Crippen LogP contribution is 2.33. The molecule has 4 heteroatoms. The highest BCUT2D eigenvalue weighted by Gasteiger charge is 2.27. The number of pyridine rings is 1. The summed E-state index contributed by atoms with van der Waals surface area (Å²) >= 11 is 2.05. The van der Waals surface area contributed by atoms with Crippen LogP contribution in [0.2, 0.25) is 0 Å². The number of aromatic nitrogens is 1. The zero-order valence-electron chi connectivity index (χ0n) is 11.4. The van der Waals surface area contributed by atoms with Crippen molar-refractivity contribution in [3.8, 4) is 5.88 Å². The summed E-state index contributed by atoms with van der Waals surface area (Å²) in [5.41, 5.74) is 1.69. The molecule has 1 fully saturated rings. The van der Waals surface area contributed by atoms with E-state index in [9.17, 15) is 0 Å². The van der Waals surface area contributed by atoms with E-state index in [2.05, 4.69) is 35.9 Å². The normalized spacial score (nSPS) is 22.7. The van der Waals surface area contributed by atoms with E-state index < -0.39 is 0 Å². The predicted molar refractivity (Wildman–Crippen MR) is 77.1 cm³/mol. The van der Waals surface area contributed by atoms with Gasteiger partial charge in [-0.25, -0.2) is 4.98 Å². The summed E-state index contributed by atoms with van der Waals surface area (Å²) in [4.78, 5) is 4.12. The fraction of sp³-hybridized carbons (Fsp3) is 0.643. The smallest absolute Gasteiger partial charge is 0.213 e. The van der Waals surface area contributed by atoms with Crippen molar-refractivity contribution >= 4 is 11.8 Å². The van der Waals surface area contributed by atoms with Crippen molar-refractivity contribution in [3.63, 3.8) is 0 Å². The first kappa shape index (κ1) is 13.7. The van der Waals surface area contributed by atoms with E-state index in [4.69, 9.17) is 4.74 Å². The van der Waals surface area contributed by atoms with Gasteiger partial charge in [0.15, 0.2) is 0 Å². The van der Waals surface area contributed by atoms with Gasteiger partial charge in [0.1, 0.15) is 0 Å². The first-order valence-corrected chi connectivity index (χ1v) is 7.54. The zero-order chi connectivity index (χ0) is 13.0. The van der Waals surface area contributed by atoms with Gasteiger partial charge in [-0.05, 0) is 29.2 Å². The SMILES string of the molecule is COc1cc(CNC2CSCC(C)(C)C2)ccn1. The molecular weight excluding hydrogens is 244 g/mol. The van der Waals surface area contributed by atoms with Gasteiger partial charge in [-0.1, -0.05) is 13.8 Å². The molecule has 1 saturated heterocycles. The summed E-state index contributed by atoms with van der Waals surface area (Å²) in [5.74, 6) is 3.17. The molecule has 2 rings (SSSR count). The third-order valence-corrected chi connectivity index (χ3v) is 4.84. The molecule has 1 aromatic heterocycles. The molecule has 0 spiro atoms. The van der Waals surface area contributed by atoms with Crippen LogP contribution in [0.4, 0.5) is 0 Å². The van der Waals surface area contributed by atoms with Crippen LogP contribution in [-0.2, 0) is 6.54 Å². The molecule has 1 unspecified atom stereocenters. The molecule has 1 atom stereocenters. The maximum absolute atomic E-state index is 5.14. The second-order valence-corrected chi connectivity index (χ2v) is 6.70. The molecule has 1 aliphatic heterocycles. The van der Waals surface area contributed by atoms with E-state index in [1.165, 1.54) is 23.5 Å². The molecule has 1 N–H and O–H groups in total. The van der Waals surface area contributed by atoms with E-state index >= 15 is 0 Å². The van der Waals surface area contributed by atoms with E-state index in [0.717, 1.165) is 6.54 Å². The van der Waals surface area contributed by atoms with Crippen molar-refractivity contribution in [3.05, 3.63) is 23.9 Å². The molecule has 0 aromatic carbocycles. The van der Waals surface area contributed by atoms with Crippen LogP contribution < -0.4 is 10.1 Å². The number of hydrogen-bond acceptors (Lipinski definition) is 4. The predicted octanol–water partition coefficient (Wildman–Crippen LogP) is 2.71. The molecule has 1 aliphatic rings. The Hall–Kier alpha value is -0.740. The van der Waals surface area contributed by atoms with Crippen molar-refractivity contribution in [1.29, 1.82) is 0 Å². The van der Waals surface area contributed by atoms with Gasteiger partial charge in [-0.15, -0.1) is 0 Å². The summed E-state index contributed by atoms with van der Waals surface area (Å²) in [6.45, 7) is 5.59. The van der Waals surface area contributed by atoms with Gasteiger partial charge < -0.3 is 10.1 Å². The minimum Gasteiger partial charge on any atom is -0.481 e. The Labute approximate surface area is 114 Å². The molecule has 0 bridgehead atoms. The van der Waals surface area contributed by atoms with Gasteiger partial charge in [-0.3, -0.25) is 0 Å². The topological polar surface area (TPSA) is 34.1 Å². The van der Waals surface area contributed by atoms with Gasteiger partial charge in [0.05, 0.1) is 7.11 Å². The van der Waals surface area contributed by atoms with Gasteiger partial charge in [0.2, 0.25) is 5.88 Å². The van der Waals surface area contributed by atoms with Crippen LogP contribution in [0.5, 0.6) is 5.88 Å². The van der Waals surface area contributed by atoms with Crippen LogP contribution in [0.3, 0.4) is 0 Å². The Morgan fingerprint density at radius 1 is 1.56 bits per heavy atom. The van der Waals surface area contributed by atoms with Gasteiger partial charge in [0, 0.05) is 30.6 Å². The standard InChI is InChI=1S/C14H22N2OS/c1-14(2)7-12(9-18-10-14)16-8-11-4-5-15-13(6-11)17-3/h4-6,12,16H,7-10H2,1-3H3. The molecule has 3 nitrogen and oxygen atoms in total. The minimum absolute atomic E-state index is 0.455. The van der Waals surface area contributed by atoms with Crippen LogP contribution in [0, 0.1) is 5.41 Å². The van der Waals surface area contributed by atoms with E-state index in [-0.39, 0.29) is 0 Å². The Kier molecular flexibility index (Phi) is 4.51. The first-order chi connectivity index (χ1) is 8.59. The molecule has 100 valence electrons. The van der Waals surface area contributed by atoms with Crippen LogP contribution in [0.1, 0.15) is 25.8 Å². The average molecular weight is 266 g/mol. The Bertz CT molecular complexity index is 395. The van der Waals surface area contributed by atoms with E-state index in [1.54, 1.807) is 13.3 Å². The van der Waals surface area contributed by atoms with Crippen molar-refractivity contribution in [1.82, 2.24) is 10.3 Å². The number of nitrogens with zero attached hydrogens (tertiary/aromatic N) is 1. The molecule has 0 aliphatic carbocycles. The first-order valence-electron chi connectivity index (χ1n) is 6.39. The minimum atomic E-state index is 0.455. The summed E-state index contributed by atoms with van der Waals surface area (Å²) < 4.78 is 5.14. The molecule has 0 amide bonds. The molecule has 2 heterocycles. The van der Waals surface area contributed by atoms with Crippen LogP contribution in [0.25, 0.3) is 0 Å². The lowest BCUT2D eigenvalue weighted by molar-refractivity contribution is 0.317. The number of methoxy groups -OCH3 is 1. The highest BCUT2D eigenvalue weighted by atomic mass is 32.2. The third-order valence-electron chi connectivity index (χ3n) is 3.21. The number of nitrogens with one attached hydrogen (secondary N) is 1. The van der Waals surface area contributed by atoms with Gasteiger partial charge >= 0.3 is 0 Å². The largest absolute Gasteiger partial charge is 0.481 e. The number of thioether (sulfide) groups is 1. The van der Waals surface area contributed by atoms with Crippen LogP contribution >= 0.6 is 11.8 Å². The number of ether oxygens (including phenoxy) is 1. The summed E-state index contributed by atoms with van der Waals surface area (Å²) in [6, 6.07) is 4.64. The summed E-state index contributed by atoms with van der Waals surface area (Å²) in [5, 5.41) is 3.64. The third kappa shape index (κ3) is 3.89. The van der Waals surface area contributed by atoms with Crippen molar-refractivity contribution in [2.45, 2.75) is 32.9 Å². The van der Waals surface area contributed by atoms with Crippen molar-refractivity contribution < 1.29 is 4.74 Å². The zero-order valence-corrected chi connectivity index (χ0v) is 12.2. The lowest BCUT2D eigenvalue weighted by Gasteiger charge is -2.35. The monoisotopic (exact) mass is 266 g/mol. The second kappa shape index (κ2) is 5.93. The van der Waals surface area contributed by atoms with Crippen molar-refractivity contribution in [2.24, 2.45) is 5.41 Å². The van der Waals surface area contributed by atoms with Crippen molar-refractivity contribution in [2.75, 3.05) is 18.6 Å². The average Bonchev–Trinajstić information content (AvgIpc) is 2.35.